The number of hydrogen-bond donors (Lipinski definition) is 3. The summed E-state index contributed by atoms with van der Waals surface area (Å²) in [6, 6.07) is 7.26. The highest BCUT2D eigenvalue weighted by atomic mass is 19.4. The lowest BCUT2D eigenvalue weighted by molar-refractivity contribution is -0.275. The molecule has 16 heteroatoms. The molecule has 0 saturated carbocycles. The molecular formula is C32H34F5N5O6. The lowest BCUT2D eigenvalue weighted by Gasteiger charge is -2.21. The minimum Gasteiger partial charge on any atom is -0.477 e. The third-order valence-corrected chi connectivity index (χ3v) is 6.95. The quantitative estimate of drug-likeness (QED) is 0.163. The predicted molar refractivity (Wildman–Crippen MR) is 162 cm³/mol. The number of benzene rings is 2. The third-order valence-electron chi connectivity index (χ3n) is 6.95. The Kier molecular flexibility index (Phi) is 11.1. The smallest absolute Gasteiger partial charge is 0.477 e. The van der Waals surface area contributed by atoms with Crippen LogP contribution in [0, 0.1) is 18.6 Å². The summed E-state index contributed by atoms with van der Waals surface area (Å²) >= 11 is 0. The number of halogens is 5. The molecule has 2 heterocycles. The lowest BCUT2D eigenvalue weighted by Crippen LogP contribution is -2.29. The number of carbonyl (C=O) groups is 3. The van der Waals surface area contributed by atoms with Gasteiger partial charge in [-0.3, -0.25) is 4.79 Å². The minimum absolute atomic E-state index is 0. The average molecular weight is 680 g/mol. The van der Waals surface area contributed by atoms with Crippen molar-refractivity contribution in [2.24, 2.45) is 5.73 Å². The van der Waals surface area contributed by atoms with Crippen LogP contribution >= 0.6 is 0 Å². The molecule has 0 aliphatic heterocycles. The number of fused-ring (bicyclic) bond motifs is 2. The number of carbonyl (C=O) groups excluding carboxylic acids is 2. The first-order valence-corrected chi connectivity index (χ1v) is 14.1. The van der Waals surface area contributed by atoms with Gasteiger partial charge < -0.3 is 25.6 Å². The van der Waals surface area contributed by atoms with Crippen LogP contribution in [0.25, 0.3) is 5.65 Å². The van der Waals surface area contributed by atoms with Crippen LogP contribution in [-0.4, -0.2) is 49.5 Å². The van der Waals surface area contributed by atoms with Crippen molar-refractivity contribution in [2.45, 2.75) is 72.5 Å². The number of carboxylic acid groups (broad SMARTS) is 1. The summed E-state index contributed by atoms with van der Waals surface area (Å²) in [5.41, 5.74) is 7.08. The van der Waals surface area contributed by atoms with Crippen LogP contribution in [-0.2, 0) is 17.7 Å². The molecule has 11 nitrogen and oxygen atoms in total. The van der Waals surface area contributed by atoms with E-state index in [0.717, 1.165) is 45.6 Å². The van der Waals surface area contributed by atoms with Gasteiger partial charge in [-0.15, -0.1) is 13.2 Å². The molecule has 1 aliphatic rings. The maximum atomic E-state index is 14.0. The second-order valence-corrected chi connectivity index (χ2v) is 11.4. The molecule has 0 fully saturated rings. The normalized spacial score (nSPS) is 13.9. The maximum Gasteiger partial charge on any atom is 0.573 e. The van der Waals surface area contributed by atoms with Gasteiger partial charge in [-0.05, 0) is 81.0 Å². The van der Waals surface area contributed by atoms with Crippen LogP contribution in [0.4, 0.5) is 22.0 Å². The predicted octanol–water partition coefficient (Wildman–Crippen LogP) is 6.07. The number of amides is 1. The molecule has 5 rings (SSSR count). The zero-order valence-electron chi connectivity index (χ0n) is 25.5. The van der Waals surface area contributed by atoms with E-state index >= 15 is 0 Å². The second-order valence-electron chi connectivity index (χ2n) is 11.4. The highest BCUT2D eigenvalue weighted by Gasteiger charge is 2.33. The molecule has 0 radical (unpaired) electrons. The molecular weight excluding hydrogens is 645 g/mol. The SMILES string of the molecule is C.Cc1c(C(=O)OC(C)(C)C)ccc2c1CC[C@@H]2NC(=O)c1cc(C(=O)O)nc2c(F)cnn12.NCc1ccc(F)c(OC(F)(F)F)c1. The van der Waals surface area contributed by atoms with Crippen LogP contribution in [0.5, 0.6) is 5.75 Å². The van der Waals surface area contributed by atoms with Crippen molar-refractivity contribution in [1.29, 1.82) is 0 Å². The van der Waals surface area contributed by atoms with Crippen molar-refractivity contribution in [3.05, 3.63) is 93.4 Å². The Hall–Kier alpha value is -5.12. The van der Waals surface area contributed by atoms with Gasteiger partial charge in [0.1, 0.15) is 11.3 Å². The number of nitrogens with two attached hydrogens (primary N) is 1. The molecule has 258 valence electrons. The van der Waals surface area contributed by atoms with Gasteiger partial charge in [0.2, 0.25) is 0 Å². The van der Waals surface area contributed by atoms with Gasteiger partial charge >= 0.3 is 18.3 Å². The number of nitrogens with zero attached hydrogens (tertiary/aromatic N) is 3. The average Bonchev–Trinajstić information content (AvgIpc) is 3.56. The van der Waals surface area contributed by atoms with Gasteiger partial charge in [-0.2, -0.15) is 5.10 Å². The summed E-state index contributed by atoms with van der Waals surface area (Å²) < 4.78 is 71.9. The fraction of sp³-hybridized carbons (Fsp3) is 0.344. The lowest BCUT2D eigenvalue weighted by atomic mass is 9.97. The number of esters is 1. The fourth-order valence-corrected chi connectivity index (χ4v) is 4.90. The molecule has 4 N–H and O–H groups in total. The largest absolute Gasteiger partial charge is 0.573 e. The molecule has 2 aromatic heterocycles. The Labute approximate surface area is 271 Å². The summed E-state index contributed by atoms with van der Waals surface area (Å²) in [4.78, 5) is 40.7. The zero-order chi connectivity index (χ0) is 34.8. The summed E-state index contributed by atoms with van der Waals surface area (Å²) in [6.45, 7) is 7.28. The molecule has 0 spiro atoms. The van der Waals surface area contributed by atoms with E-state index in [9.17, 15) is 41.4 Å². The Balaban J connectivity index is 0.000000351. The fourth-order valence-electron chi connectivity index (χ4n) is 4.90. The van der Waals surface area contributed by atoms with Gasteiger partial charge in [0.25, 0.3) is 5.91 Å². The number of ether oxygens (including phenoxy) is 2. The number of nitrogens with one attached hydrogen (secondary N) is 1. The molecule has 1 atom stereocenters. The first kappa shape index (κ1) is 37.3. The van der Waals surface area contributed by atoms with Crippen molar-refractivity contribution in [1.82, 2.24) is 19.9 Å². The first-order valence-electron chi connectivity index (χ1n) is 14.1. The maximum absolute atomic E-state index is 14.0. The highest BCUT2D eigenvalue weighted by molar-refractivity contribution is 5.96. The van der Waals surface area contributed by atoms with Gasteiger partial charge in [0.05, 0.1) is 17.8 Å². The summed E-state index contributed by atoms with van der Waals surface area (Å²) in [5.74, 6) is -5.16. The number of aromatic carboxylic acids is 1. The van der Waals surface area contributed by atoms with Crippen molar-refractivity contribution in [2.75, 3.05) is 0 Å². The monoisotopic (exact) mass is 679 g/mol. The van der Waals surface area contributed by atoms with E-state index < -0.39 is 52.9 Å². The standard InChI is InChI=1S/C23H23FN4O5.C8H7F4NO.CH4/c1-11-12-7-8-16(14(12)6-5-13(11)22(32)33-23(2,3)4)27-20(29)18-9-17(21(30)31)26-19-15(24)10-25-28(18)19;9-6-2-1-5(4-13)3-7(6)14-8(10,11)12;/h5-6,9-10,16H,7-8H2,1-4H3,(H,27,29)(H,30,31);1-3H,4,13H2;1H4/t16-;;/m0../s1. The Morgan fingerprint density at radius 2 is 1.77 bits per heavy atom. The second kappa shape index (κ2) is 14.3. The van der Waals surface area contributed by atoms with Crippen LogP contribution < -0.4 is 15.8 Å². The van der Waals surface area contributed by atoms with Gasteiger partial charge in [0, 0.05) is 12.6 Å². The van der Waals surface area contributed by atoms with Crippen molar-refractivity contribution in [3.8, 4) is 5.75 Å². The van der Waals surface area contributed by atoms with Gasteiger partial charge in [-0.25, -0.2) is 27.9 Å². The number of aromatic nitrogens is 3. The summed E-state index contributed by atoms with van der Waals surface area (Å²) in [7, 11) is 0. The van der Waals surface area contributed by atoms with Crippen molar-refractivity contribution >= 4 is 23.5 Å². The zero-order valence-corrected chi connectivity index (χ0v) is 25.5. The topological polar surface area (TPSA) is 158 Å². The van der Waals surface area contributed by atoms with Gasteiger partial charge in [-0.1, -0.05) is 19.6 Å². The van der Waals surface area contributed by atoms with Crippen LogP contribution in [0.1, 0.15) is 94.2 Å². The van der Waals surface area contributed by atoms with E-state index in [1.807, 2.05) is 6.92 Å². The van der Waals surface area contributed by atoms with E-state index in [4.69, 9.17) is 10.5 Å². The van der Waals surface area contributed by atoms with Crippen LogP contribution in [0.15, 0.2) is 42.6 Å². The minimum atomic E-state index is -4.89. The Morgan fingerprint density at radius 1 is 1.08 bits per heavy atom. The molecule has 4 aromatic rings. The molecule has 1 amide bonds. The molecule has 1 aliphatic carbocycles. The number of rotatable bonds is 6. The summed E-state index contributed by atoms with van der Waals surface area (Å²) in [6.07, 6.45) is -2.79. The van der Waals surface area contributed by atoms with Crippen molar-refractivity contribution < 1.29 is 50.9 Å². The Morgan fingerprint density at radius 3 is 2.38 bits per heavy atom. The van der Waals surface area contributed by atoms with E-state index in [1.54, 1.807) is 32.9 Å². The number of alkyl halides is 3. The molecule has 0 saturated heterocycles. The van der Waals surface area contributed by atoms with E-state index in [0.29, 0.717) is 24.0 Å². The van der Waals surface area contributed by atoms with E-state index in [-0.39, 0.29) is 31.4 Å². The Bertz CT molecular complexity index is 1850. The van der Waals surface area contributed by atoms with E-state index in [2.05, 4.69) is 20.1 Å². The molecule has 0 unspecified atom stereocenters. The van der Waals surface area contributed by atoms with Crippen LogP contribution in [0.2, 0.25) is 0 Å². The molecule has 2 aromatic carbocycles. The number of carboxylic acids is 1. The van der Waals surface area contributed by atoms with E-state index in [1.165, 1.54) is 6.07 Å². The molecule has 0 bridgehead atoms. The van der Waals surface area contributed by atoms with Gasteiger partial charge in [0.15, 0.2) is 28.7 Å². The first-order chi connectivity index (χ1) is 21.9. The highest BCUT2D eigenvalue weighted by Crippen LogP contribution is 2.35. The van der Waals surface area contributed by atoms with Crippen LogP contribution in [0.3, 0.4) is 0 Å². The molecule has 48 heavy (non-hydrogen) atoms. The van der Waals surface area contributed by atoms with Crippen molar-refractivity contribution in [3.63, 3.8) is 0 Å². The third kappa shape index (κ3) is 8.61. The summed E-state index contributed by atoms with van der Waals surface area (Å²) in [5, 5.41) is 16.0. The number of hydrogen-bond acceptors (Lipinski definition) is 8.